The van der Waals surface area contributed by atoms with Crippen LogP contribution in [0.2, 0.25) is 0 Å². The number of hydrogen-bond acceptors (Lipinski definition) is 4. The number of amides is 2. The van der Waals surface area contributed by atoms with E-state index in [-0.39, 0.29) is 17.0 Å². The maximum absolute atomic E-state index is 12.5. The molecule has 0 aliphatic rings. The molecule has 0 atom stereocenters. The van der Waals surface area contributed by atoms with Gasteiger partial charge in [0.25, 0.3) is 11.8 Å². The number of Topliss-reactive ketones (excluding diaryl/α,β-unsaturated/α-hetero) is 1. The average molecular weight is 441 g/mol. The van der Waals surface area contributed by atoms with E-state index in [1.807, 2.05) is 84.9 Å². The van der Waals surface area contributed by atoms with E-state index in [0.717, 1.165) is 27.1 Å². The Morgan fingerprint density at radius 2 is 1.31 bits per heavy atom. The number of hydrogen-bond donors (Lipinski definition) is 2. The second-order valence-corrected chi connectivity index (χ2v) is 8.25. The summed E-state index contributed by atoms with van der Waals surface area (Å²) in [5.41, 5.74) is 9.39. The van der Waals surface area contributed by atoms with Crippen molar-refractivity contribution >= 4 is 33.9 Å². The number of ketones is 1. The summed E-state index contributed by atoms with van der Waals surface area (Å²) in [6.07, 6.45) is -0.0380. The second kappa shape index (κ2) is 9.41. The number of nitrogens with one attached hydrogen (secondary N) is 1. The maximum Gasteiger partial charge on any atom is 0.292 e. The molecule has 0 saturated carbocycles. The van der Waals surface area contributed by atoms with Gasteiger partial charge in [0.2, 0.25) is 5.78 Å². The molecule has 1 aromatic heterocycles. The van der Waals surface area contributed by atoms with Crippen molar-refractivity contribution in [2.75, 3.05) is 5.32 Å². The lowest BCUT2D eigenvalue weighted by Gasteiger charge is -2.06. The van der Waals surface area contributed by atoms with Crippen LogP contribution >= 0.6 is 11.3 Å². The molecular formula is C26H20N2O3S. The Morgan fingerprint density at radius 1 is 0.750 bits per heavy atom. The monoisotopic (exact) mass is 440 g/mol. The van der Waals surface area contributed by atoms with Gasteiger partial charge in [-0.25, -0.2) is 0 Å². The van der Waals surface area contributed by atoms with Crippen molar-refractivity contribution < 1.29 is 14.4 Å². The van der Waals surface area contributed by atoms with E-state index >= 15 is 0 Å². The molecule has 0 bridgehead atoms. The Labute approximate surface area is 189 Å². The highest BCUT2D eigenvalue weighted by Crippen LogP contribution is 2.35. The van der Waals surface area contributed by atoms with Crippen LogP contribution in [0.5, 0.6) is 0 Å². The van der Waals surface area contributed by atoms with Crippen molar-refractivity contribution in [1.82, 2.24) is 0 Å². The first-order valence-corrected chi connectivity index (χ1v) is 10.8. The molecule has 0 radical (unpaired) electrons. The van der Waals surface area contributed by atoms with Gasteiger partial charge in [-0.05, 0) is 28.3 Å². The van der Waals surface area contributed by atoms with Gasteiger partial charge in [-0.15, -0.1) is 11.3 Å². The van der Waals surface area contributed by atoms with Crippen LogP contribution in [0.4, 0.5) is 5.00 Å². The Morgan fingerprint density at radius 3 is 1.91 bits per heavy atom. The van der Waals surface area contributed by atoms with Crippen molar-refractivity contribution in [1.29, 1.82) is 0 Å². The quantitative estimate of drug-likeness (QED) is 0.399. The lowest BCUT2D eigenvalue weighted by Crippen LogP contribution is -2.25. The molecule has 2 amide bonds. The summed E-state index contributed by atoms with van der Waals surface area (Å²) in [4.78, 5) is 37.7. The molecule has 0 aliphatic carbocycles. The van der Waals surface area contributed by atoms with Crippen LogP contribution in [-0.4, -0.2) is 17.6 Å². The topological polar surface area (TPSA) is 89.3 Å². The molecule has 0 fully saturated rings. The highest BCUT2D eigenvalue weighted by molar-refractivity contribution is 7.20. The minimum atomic E-state index is -0.777. The number of benzene rings is 3. The normalized spacial score (nSPS) is 10.5. The van der Waals surface area contributed by atoms with Crippen molar-refractivity contribution in [3.63, 3.8) is 0 Å². The van der Waals surface area contributed by atoms with Gasteiger partial charge in [-0.2, -0.15) is 0 Å². The predicted molar refractivity (Wildman–Crippen MR) is 127 cm³/mol. The summed E-state index contributed by atoms with van der Waals surface area (Å²) in [5.74, 6) is -2.04. The number of rotatable bonds is 7. The molecule has 5 nitrogen and oxygen atoms in total. The molecule has 32 heavy (non-hydrogen) atoms. The van der Waals surface area contributed by atoms with Crippen molar-refractivity contribution in [3.05, 3.63) is 102 Å². The van der Waals surface area contributed by atoms with Crippen molar-refractivity contribution in [2.45, 2.75) is 6.42 Å². The van der Waals surface area contributed by atoms with Crippen LogP contribution < -0.4 is 11.1 Å². The third kappa shape index (κ3) is 4.82. The summed E-state index contributed by atoms with van der Waals surface area (Å²) in [5, 5.41) is 2.84. The smallest absolute Gasteiger partial charge is 0.292 e. The van der Waals surface area contributed by atoms with E-state index in [2.05, 4.69) is 5.32 Å². The Balaban J connectivity index is 1.46. The fourth-order valence-electron chi connectivity index (χ4n) is 3.30. The Bertz CT molecular complexity index is 1260. The first-order valence-electron chi connectivity index (χ1n) is 9.99. The third-order valence-electron chi connectivity index (χ3n) is 4.96. The van der Waals surface area contributed by atoms with E-state index < -0.39 is 17.6 Å². The Kier molecular flexibility index (Phi) is 6.24. The van der Waals surface area contributed by atoms with E-state index in [9.17, 15) is 14.4 Å². The Hall–Kier alpha value is -4.03. The number of carbonyl (C=O) groups is 3. The summed E-state index contributed by atoms with van der Waals surface area (Å²) in [7, 11) is 0. The number of anilines is 1. The van der Waals surface area contributed by atoms with Gasteiger partial charge in [0.1, 0.15) is 5.00 Å². The van der Waals surface area contributed by atoms with Crippen LogP contribution in [0.1, 0.15) is 15.9 Å². The van der Waals surface area contributed by atoms with Gasteiger partial charge < -0.3 is 11.1 Å². The van der Waals surface area contributed by atoms with Crippen LogP contribution in [0, 0.1) is 0 Å². The van der Waals surface area contributed by atoms with Gasteiger partial charge in [-0.1, -0.05) is 84.9 Å². The van der Waals surface area contributed by atoms with Crippen LogP contribution in [0.25, 0.3) is 21.6 Å². The van der Waals surface area contributed by atoms with Gasteiger partial charge in [-0.3, -0.25) is 14.4 Å². The highest BCUT2D eigenvalue weighted by Gasteiger charge is 2.20. The molecule has 0 unspecified atom stereocenters. The fourth-order valence-corrected chi connectivity index (χ4v) is 4.36. The minimum Gasteiger partial charge on any atom is -0.366 e. The zero-order valence-corrected chi connectivity index (χ0v) is 17.9. The third-order valence-corrected chi connectivity index (χ3v) is 6.06. The summed E-state index contributed by atoms with van der Waals surface area (Å²) < 4.78 is 0. The molecule has 6 heteroatoms. The maximum atomic E-state index is 12.5. The molecule has 3 N–H and O–H groups in total. The molecule has 1 heterocycles. The van der Waals surface area contributed by atoms with Crippen LogP contribution in [0.3, 0.4) is 0 Å². The first kappa shape index (κ1) is 21.2. The van der Waals surface area contributed by atoms with Gasteiger partial charge in [0.15, 0.2) is 0 Å². The zero-order chi connectivity index (χ0) is 22.5. The van der Waals surface area contributed by atoms with Crippen LogP contribution in [-0.2, 0) is 16.0 Å². The SMILES string of the molecule is NC(=O)c1cc(-c2ccccc2)sc1NC(=O)C(=O)Cc1ccc(-c2ccccc2)cc1. The molecule has 4 aromatic rings. The predicted octanol–water partition coefficient (Wildman–Crippen LogP) is 4.93. The van der Waals surface area contributed by atoms with Gasteiger partial charge >= 0.3 is 0 Å². The molecule has 4 rings (SSSR count). The van der Waals surface area contributed by atoms with Gasteiger partial charge in [0, 0.05) is 11.3 Å². The largest absolute Gasteiger partial charge is 0.366 e. The number of carbonyl (C=O) groups excluding carboxylic acids is 3. The average Bonchev–Trinajstić information content (AvgIpc) is 3.25. The van der Waals surface area contributed by atoms with E-state index in [1.165, 1.54) is 11.3 Å². The van der Waals surface area contributed by atoms with E-state index in [0.29, 0.717) is 0 Å². The first-order chi connectivity index (χ1) is 15.5. The number of nitrogens with two attached hydrogens (primary N) is 1. The van der Waals surface area contributed by atoms with Crippen molar-refractivity contribution in [2.24, 2.45) is 5.73 Å². The minimum absolute atomic E-state index is 0.0380. The highest BCUT2D eigenvalue weighted by atomic mass is 32.1. The lowest BCUT2D eigenvalue weighted by molar-refractivity contribution is -0.134. The zero-order valence-electron chi connectivity index (χ0n) is 17.1. The summed E-state index contributed by atoms with van der Waals surface area (Å²) in [6, 6.07) is 28.5. The second-order valence-electron chi connectivity index (χ2n) is 7.20. The summed E-state index contributed by atoms with van der Waals surface area (Å²) in [6.45, 7) is 0. The number of thiophene rings is 1. The van der Waals surface area contributed by atoms with Crippen molar-refractivity contribution in [3.8, 4) is 21.6 Å². The van der Waals surface area contributed by atoms with Crippen LogP contribution in [0.15, 0.2) is 91.0 Å². The van der Waals surface area contributed by atoms with Gasteiger partial charge in [0.05, 0.1) is 5.56 Å². The molecule has 0 saturated heterocycles. The molecule has 158 valence electrons. The standard InChI is InChI=1S/C26H20N2O3S/c27-24(30)21-16-23(20-9-5-2-6-10-20)32-26(21)28-25(31)22(29)15-17-11-13-19(14-12-17)18-7-3-1-4-8-18/h1-14,16H,15H2,(H2,27,30)(H,28,31). The summed E-state index contributed by atoms with van der Waals surface area (Å²) >= 11 is 1.21. The lowest BCUT2D eigenvalue weighted by atomic mass is 10.0. The van der Waals surface area contributed by atoms with E-state index in [4.69, 9.17) is 5.73 Å². The molecule has 0 spiro atoms. The molecule has 0 aliphatic heterocycles. The number of primary amides is 1. The fraction of sp³-hybridized carbons (Fsp3) is 0.0385. The van der Waals surface area contributed by atoms with E-state index in [1.54, 1.807) is 6.07 Å². The molecular weight excluding hydrogens is 420 g/mol. The molecule has 3 aromatic carbocycles.